The molecule has 0 bridgehead atoms. The highest BCUT2D eigenvalue weighted by atomic mass is 32.1. The Morgan fingerprint density at radius 3 is 2.90 bits per heavy atom. The highest BCUT2D eigenvalue weighted by Gasteiger charge is 2.09. The third kappa shape index (κ3) is 3.21. The van der Waals surface area contributed by atoms with Gasteiger partial charge in [-0.15, -0.1) is 0 Å². The molecule has 1 amide bonds. The van der Waals surface area contributed by atoms with E-state index in [9.17, 15) is 4.79 Å². The molecule has 0 fully saturated rings. The van der Waals surface area contributed by atoms with Crippen molar-refractivity contribution in [1.82, 2.24) is 10.3 Å². The van der Waals surface area contributed by atoms with Crippen LogP contribution in [0.2, 0.25) is 0 Å². The summed E-state index contributed by atoms with van der Waals surface area (Å²) in [6.45, 7) is 3.97. The quantitative estimate of drug-likeness (QED) is 0.832. The summed E-state index contributed by atoms with van der Waals surface area (Å²) in [6, 6.07) is 7.94. The first-order valence-electron chi connectivity index (χ1n) is 6.21. The average molecular weight is 289 g/mol. The molecule has 0 saturated heterocycles. The van der Waals surface area contributed by atoms with Gasteiger partial charge in [0.1, 0.15) is 5.82 Å². The van der Waals surface area contributed by atoms with Gasteiger partial charge in [-0.05, 0) is 37.0 Å². The highest BCUT2D eigenvalue weighted by Crippen LogP contribution is 2.22. The maximum Gasteiger partial charge on any atom is 0.413 e. The second-order valence-electron chi connectivity index (χ2n) is 4.12. The van der Waals surface area contributed by atoms with Crippen LogP contribution >= 0.6 is 12.2 Å². The fraction of sp³-hybridized carbons (Fsp3) is 0.214. The minimum atomic E-state index is -0.580. The molecular formula is C14H15N3O2S. The Morgan fingerprint density at radius 1 is 1.40 bits per heavy atom. The Labute approximate surface area is 122 Å². The number of nitrogens with zero attached hydrogens (tertiary/aromatic N) is 1. The standard InChI is InChI=1S/C14H15N3O2S/c1-3-19-14(18)17-13(20)16-12-9(2)11-7-5-4-6-10(11)8-15-12/h4-8H,3H2,1-2H3,(H2,15,16,17,18,20). The van der Waals surface area contributed by atoms with Gasteiger partial charge in [0.25, 0.3) is 0 Å². The number of fused-ring (bicyclic) bond motifs is 1. The van der Waals surface area contributed by atoms with Crippen LogP contribution in [0.5, 0.6) is 0 Å². The Balaban J connectivity index is 2.15. The SMILES string of the molecule is CCOC(=O)NC(=S)Nc1ncc2ccccc2c1C. The zero-order valence-electron chi connectivity index (χ0n) is 11.3. The lowest BCUT2D eigenvalue weighted by Crippen LogP contribution is -2.35. The monoisotopic (exact) mass is 289 g/mol. The number of rotatable bonds is 2. The minimum Gasteiger partial charge on any atom is -0.450 e. The Hall–Kier alpha value is -2.21. The predicted octanol–water partition coefficient (Wildman–Crippen LogP) is 2.99. The van der Waals surface area contributed by atoms with Crippen LogP contribution < -0.4 is 10.6 Å². The second-order valence-corrected chi connectivity index (χ2v) is 4.53. The molecular weight excluding hydrogens is 274 g/mol. The van der Waals surface area contributed by atoms with Gasteiger partial charge < -0.3 is 10.1 Å². The van der Waals surface area contributed by atoms with E-state index in [0.717, 1.165) is 16.3 Å². The van der Waals surface area contributed by atoms with Crippen molar-refractivity contribution in [2.75, 3.05) is 11.9 Å². The zero-order chi connectivity index (χ0) is 14.5. The van der Waals surface area contributed by atoms with Gasteiger partial charge in [0.15, 0.2) is 5.11 Å². The van der Waals surface area contributed by atoms with Crippen LogP contribution in [-0.2, 0) is 4.74 Å². The number of ether oxygens (including phenoxy) is 1. The van der Waals surface area contributed by atoms with E-state index in [1.54, 1.807) is 13.1 Å². The van der Waals surface area contributed by atoms with Gasteiger partial charge >= 0.3 is 6.09 Å². The largest absolute Gasteiger partial charge is 0.450 e. The molecule has 5 nitrogen and oxygen atoms in total. The van der Waals surface area contributed by atoms with E-state index < -0.39 is 6.09 Å². The van der Waals surface area contributed by atoms with Crippen LogP contribution in [0.1, 0.15) is 12.5 Å². The van der Waals surface area contributed by atoms with Crippen LogP contribution in [0, 0.1) is 6.92 Å². The summed E-state index contributed by atoms with van der Waals surface area (Å²) >= 11 is 5.05. The molecule has 2 rings (SSSR count). The average Bonchev–Trinajstić information content (AvgIpc) is 2.42. The number of carbonyl (C=O) groups is 1. The molecule has 20 heavy (non-hydrogen) atoms. The normalized spacial score (nSPS) is 10.1. The third-order valence-corrected chi connectivity index (χ3v) is 2.98. The minimum absolute atomic E-state index is 0.161. The Morgan fingerprint density at radius 2 is 2.15 bits per heavy atom. The predicted molar refractivity (Wildman–Crippen MR) is 82.9 cm³/mol. The summed E-state index contributed by atoms with van der Waals surface area (Å²) < 4.78 is 4.75. The fourth-order valence-corrected chi connectivity index (χ4v) is 2.01. The smallest absolute Gasteiger partial charge is 0.413 e. The van der Waals surface area contributed by atoms with Crippen molar-refractivity contribution >= 4 is 40.0 Å². The number of hydrogen-bond donors (Lipinski definition) is 2. The lowest BCUT2D eigenvalue weighted by molar-refractivity contribution is 0.158. The molecule has 104 valence electrons. The summed E-state index contributed by atoms with van der Waals surface area (Å²) in [7, 11) is 0. The van der Waals surface area contributed by atoms with E-state index in [1.807, 2.05) is 31.2 Å². The molecule has 2 aromatic rings. The molecule has 0 aliphatic heterocycles. The molecule has 1 aromatic carbocycles. The van der Waals surface area contributed by atoms with Crippen molar-refractivity contribution in [1.29, 1.82) is 0 Å². The number of amides is 1. The van der Waals surface area contributed by atoms with Crippen molar-refractivity contribution in [3.05, 3.63) is 36.0 Å². The number of alkyl carbamates (subject to hydrolysis) is 1. The van der Waals surface area contributed by atoms with Crippen LogP contribution in [0.25, 0.3) is 10.8 Å². The first-order chi connectivity index (χ1) is 9.61. The van der Waals surface area contributed by atoms with Gasteiger partial charge in [0, 0.05) is 11.6 Å². The zero-order valence-corrected chi connectivity index (χ0v) is 12.1. The van der Waals surface area contributed by atoms with Crippen molar-refractivity contribution in [2.45, 2.75) is 13.8 Å². The molecule has 0 atom stereocenters. The molecule has 0 aliphatic carbocycles. The van der Waals surface area contributed by atoms with Crippen molar-refractivity contribution in [3.8, 4) is 0 Å². The van der Waals surface area contributed by atoms with Crippen molar-refractivity contribution in [2.24, 2.45) is 0 Å². The number of hydrogen-bond acceptors (Lipinski definition) is 4. The maximum absolute atomic E-state index is 11.3. The number of aromatic nitrogens is 1. The summed E-state index contributed by atoms with van der Waals surface area (Å²) in [5.74, 6) is 0.616. The third-order valence-electron chi connectivity index (χ3n) is 2.78. The number of carbonyl (C=O) groups excluding carboxylic acids is 1. The summed E-state index contributed by atoms with van der Waals surface area (Å²) in [5.41, 5.74) is 0.969. The van der Waals surface area contributed by atoms with E-state index in [-0.39, 0.29) is 5.11 Å². The molecule has 1 aromatic heterocycles. The number of pyridine rings is 1. The molecule has 6 heteroatoms. The number of benzene rings is 1. The van der Waals surface area contributed by atoms with Gasteiger partial charge in [-0.2, -0.15) is 0 Å². The van der Waals surface area contributed by atoms with Gasteiger partial charge in [0.2, 0.25) is 0 Å². The number of aryl methyl sites for hydroxylation is 1. The first kappa shape index (κ1) is 14.2. The van der Waals surface area contributed by atoms with E-state index >= 15 is 0 Å². The van der Waals surface area contributed by atoms with E-state index in [1.165, 1.54) is 0 Å². The van der Waals surface area contributed by atoms with E-state index in [0.29, 0.717) is 12.4 Å². The lowest BCUT2D eigenvalue weighted by atomic mass is 10.1. The summed E-state index contributed by atoms with van der Waals surface area (Å²) in [6.07, 6.45) is 1.18. The van der Waals surface area contributed by atoms with Crippen LogP contribution in [0.15, 0.2) is 30.5 Å². The van der Waals surface area contributed by atoms with Gasteiger partial charge in [-0.25, -0.2) is 9.78 Å². The van der Waals surface area contributed by atoms with Crippen molar-refractivity contribution < 1.29 is 9.53 Å². The Kier molecular flexibility index (Phi) is 4.47. The van der Waals surface area contributed by atoms with Crippen LogP contribution in [0.4, 0.5) is 10.6 Å². The van der Waals surface area contributed by atoms with Crippen LogP contribution in [0.3, 0.4) is 0 Å². The number of nitrogens with one attached hydrogen (secondary N) is 2. The molecule has 0 unspecified atom stereocenters. The highest BCUT2D eigenvalue weighted by molar-refractivity contribution is 7.80. The molecule has 1 heterocycles. The summed E-state index contributed by atoms with van der Waals surface area (Å²) in [5, 5.41) is 7.63. The molecule has 0 radical (unpaired) electrons. The van der Waals surface area contributed by atoms with E-state index in [2.05, 4.69) is 15.6 Å². The van der Waals surface area contributed by atoms with E-state index in [4.69, 9.17) is 17.0 Å². The fourth-order valence-electron chi connectivity index (χ4n) is 1.83. The number of thiocarbonyl (C=S) groups is 1. The number of anilines is 1. The topological polar surface area (TPSA) is 63.2 Å². The van der Waals surface area contributed by atoms with Crippen LogP contribution in [-0.4, -0.2) is 22.8 Å². The van der Waals surface area contributed by atoms with Crippen molar-refractivity contribution in [3.63, 3.8) is 0 Å². The van der Waals surface area contributed by atoms with Gasteiger partial charge in [-0.3, -0.25) is 5.32 Å². The molecule has 0 aliphatic rings. The molecule has 2 N–H and O–H groups in total. The molecule has 0 saturated carbocycles. The summed E-state index contributed by atoms with van der Waals surface area (Å²) in [4.78, 5) is 15.6. The maximum atomic E-state index is 11.3. The molecule has 0 spiro atoms. The first-order valence-corrected chi connectivity index (χ1v) is 6.61. The second kappa shape index (κ2) is 6.29. The van der Waals surface area contributed by atoms with Gasteiger partial charge in [-0.1, -0.05) is 24.3 Å². The van der Waals surface area contributed by atoms with Gasteiger partial charge in [0.05, 0.1) is 6.61 Å². The lowest BCUT2D eigenvalue weighted by Gasteiger charge is -2.12. The Bertz CT molecular complexity index is 658.